The molecule has 1 aliphatic rings. The normalized spacial score (nSPS) is 16.6. The zero-order valence-electron chi connectivity index (χ0n) is 18.4. The van der Waals surface area contributed by atoms with E-state index in [4.69, 9.17) is 14.5 Å². The van der Waals surface area contributed by atoms with E-state index < -0.39 is 0 Å². The minimum atomic E-state index is -0.0392. The van der Waals surface area contributed by atoms with Gasteiger partial charge in [0.15, 0.2) is 17.5 Å². The van der Waals surface area contributed by atoms with Gasteiger partial charge < -0.3 is 25.0 Å². The van der Waals surface area contributed by atoms with Crippen molar-refractivity contribution in [2.24, 2.45) is 4.99 Å². The van der Waals surface area contributed by atoms with Crippen molar-refractivity contribution in [2.75, 3.05) is 39.8 Å². The Labute approximate surface area is 193 Å². The molecule has 1 fully saturated rings. The number of halogens is 1. The van der Waals surface area contributed by atoms with E-state index in [0.717, 1.165) is 24.0 Å². The van der Waals surface area contributed by atoms with Crippen molar-refractivity contribution in [3.63, 3.8) is 0 Å². The van der Waals surface area contributed by atoms with Crippen LogP contribution in [0.25, 0.3) is 0 Å². The van der Waals surface area contributed by atoms with Gasteiger partial charge in [0.05, 0.1) is 13.7 Å². The van der Waals surface area contributed by atoms with Crippen molar-refractivity contribution < 1.29 is 9.47 Å². The smallest absolute Gasteiger partial charge is 0.191 e. The average Bonchev–Trinajstić information content (AvgIpc) is 2.72. The molecule has 1 aromatic carbocycles. The maximum Gasteiger partial charge on any atom is 0.191 e. The van der Waals surface area contributed by atoms with Crippen LogP contribution in [0.3, 0.4) is 0 Å². The van der Waals surface area contributed by atoms with Gasteiger partial charge in [-0.3, -0.25) is 0 Å². The number of guanidine groups is 1. The average molecular weight is 518 g/mol. The number of unbranched alkanes of at least 4 members (excludes halogenated alkanes) is 1. The number of methoxy groups -OCH3 is 1. The van der Waals surface area contributed by atoms with E-state index in [9.17, 15) is 0 Å². The van der Waals surface area contributed by atoms with Crippen LogP contribution in [0.15, 0.2) is 29.3 Å². The summed E-state index contributed by atoms with van der Waals surface area (Å²) in [5, 5.41) is 6.97. The lowest BCUT2D eigenvalue weighted by Gasteiger charge is -2.33. The molecule has 0 amide bonds. The number of piperidine rings is 1. The van der Waals surface area contributed by atoms with Crippen molar-refractivity contribution in [2.45, 2.75) is 58.6 Å². The molecule has 0 saturated carbocycles. The Bertz CT molecular complexity index is 592. The highest BCUT2D eigenvalue weighted by molar-refractivity contribution is 14.0. The zero-order chi connectivity index (χ0) is 20.2. The second-order valence-electron chi connectivity index (χ2n) is 7.41. The standard InChI is InChI=1S/C22H38N4O2.HI/c1-5-7-14-26-15-12-19(13-16-26)25-22(23-6-2)24-17-18(3)28-21-11-9-8-10-20(21)27-4;/h8-11,18-19H,5-7,12-17H2,1-4H3,(H2,23,24,25);1H. The number of nitrogens with one attached hydrogen (secondary N) is 2. The molecule has 0 spiro atoms. The molecular weight excluding hydrogens is 479 g/mol. The van der Waals surface area contributed by atoms with Crippen LogP contribution >= 0.6 is 24.0 Å². The fraction of sp³-hybridized carbons (Fsp3) is 0.682. The van der Waals surface area contributed by atoms with E-state index in [1.54, 1.807) is 7.11 Å². The highest BCUT2D eigenvalue weighted by Crippen LogP contribution is 2.26. The quantitative estimate of drug-likeness (QED) is 0.280. The van der Waals surface area contributed by atoms with Gasteiger partial charge in [-0.2, -0.15) is 0 Å². The van der Waals surface area contributed by atoms with Crippen molar-refractivity contribution in [1.82, 2.24) is 15.5 Å². The molecular formula is C22H39IN4O2. The Hall–Kier alpha value is -1.22. The van der Waals surface area contributed by atoms with Crippen molar-refractivity contribution >= 4 is 29.9 Å². The van der Waals surface area contributed by atoms with Crippen molar-refractivity contribution in [3.05, 3.63) is 24.3 Å². The van der Waals surface area contributed by atoms with Gasteiger partial charge in [0, 0.05) is 25.7 Å². The van der Waals surface area contributed by atoms with Crippen LogP contribution in [0, 0.1) is 0 Å². The largest absolute Gasteiger partial charge is 0.493 e. The SMILES string of the molecule is CCCCN1CCC(NC(=NCC(C)Oc2ccccc2OC)NCC)CC1.I. The van der Waals surface area contributed by atoms with Gasteiger partial charge in [-0.05, 0) is 51.8 Å². The molecule has 2 rings (SSSR count). The van der Waals surface area contributed by atoms with E-state index in [0.29, 0.717) is 12.6 Å². The van der Waals surface area contributed by atoms with E-state index in [1.165, 1.54) is 45.3 Å². The first-order valence-corrected chi connectivity index (χ1v) is 10.7. The lowest BCUT2D eigenvalue weighted by Crippen LogP contribution is -2.49. The van der Waals surface area contributed by atoms with Crippen LogP contribution in [-0.2, 0) is 0 Å². The van der Waals surface area contributed by atoms with Crippen molar-refractivity contribution in [1.29, 1.82) is 0 Å². The monoisotopic (exact) mass is 518 g/mol. The van der Waals surface area contributed by atoms with Gasteiger partial charge in [0.2, 0.25) is 0 Å². The lowest BCUT2D eigenvalue weighted by atomic mass is 10.0. The zero-order valence-corrected chi connectivity index (χ0v) is 20.8. The molecule has 1 aromatic rings. The number of aliphatic imine (C=N–C) groups is 1. The van der Waals surface area contributed by atoms with Gasteiger partial charge >= 0.3 is 0 Å². The Morgan fingerprint density at radius 2 is 1.90 bits per heavy atom. The molecule has 0 radical (unpaired) electrons. The molecule has 1 atom stereocenters. The molecule has 2 N–H and O–H groups in total. The van der Waals surface area contributed by atoms with E-state index in [2.05, 4.69) is 29.4 Å². The fourth-order valence-corrected chi connectivity index (χ4v) is 3.39. The maximum absolute atomic E-state index is 6.01. The van der Waals surface area contributed by atoms with Crippen LogP contribution in [0.1, 0.15) is 46.5 Å². The number of nitrogens with zero attached hydrogens (tertiary/aromatic N) is 2. The summed E-state index contributed by atoms with van der Waals surface area (Å²) >= 11 is 0. The minimum absolute atomic E-state index is 0. The van der Waals surface area contributed by atoms with E-state index in [-0.39, 0.29) is 30.1 Å². The first-order chi connectivity index (χ1) is 13.7. The number of benzene rings is 1. The van der Waals surface area contributed by atoms with Crippen LogP contribution in [-0.4, -0.2) is 62.8 Å². The fourth-order valence-electron chi connectivity index (χ4n) is 3.39. The Morgan fingerprint density at radius 3 is 2.52 bits per heavy atom. The second kappa shape index (κ2) is 14.7. The molecule has 7 heteroatoms. The third-order valence-corrected chi connectivity index (χ3v) is 5.00. The summed E-state index contributed by atoms with van der Waals surface area (Å²) in [7, 11) is 1.66. The van der Waals surface area contributed by atoms with Gasteiger partial charge in [-0.15, -0.1) is 24.0 Å². The molecule has 29 heavy (non-hydrogen) atoms. The molecule has 0 aliphatic carbocycles. The highest BCUT2D eigenvalue weighted by atomic mass is 127. The summed E-state index contributed by atoms with van der Waals surface area (Å²) in [5.74, 6) is 2.38. The molecule has 1 saturated heterocycles. The van der Waals surface area contributed by atoms with Crippen LogP contribution < -0.4 is 20.1 Å². The summed E-state index contributed by atoms with van der Waals surface area (Å²) in [4.78, 5) is 7.32. The van der Waals surface area contributed by atoms with Gasteiger partial charge in [0.25, 0.3) is 0 Å². The highest BCUT2D eigenvalue weighted by Gasteiger charge is 2.19. The van der Waals surface area contributed by atoms with Gasteiger partial charge in [-0.25, -0.2) is 4.99 Å². The number of likely N-dealkylation sites (tertiary alicyclic amines) is 1. The van der Waals surface area contributed by atoms with Crippen molar-refractivity contribution in [3.8, 4) is 11.5 Å². The summed E-state index contributed by atoms with van der Waals surface area (Å²) in [5.41, 5.74) is 0. The third kappa shape index (κ3) is 9.42. The Balaban J connectivity index is 0.00000420. The van der Waals surface area contributed by atoms with Crippen LogP contribution in [0.4, 0.5) is 0 Å². The first-order valence-electron chi connectivity index (χ1n) is 10.7. The molecule has 0 aromatic heterocycles. The first kappa shape index (κ1) is 25.8. The summed E-state index contributed by atoms with van der Waals surface area (Å²) in [6, 6.07) is 8.21. The van der Waals surface area contributed by atoms with E-state index >= 15 is 0 Å². The van der Waals surface area contributed by atoms with E-state index in [1.807, 2.05) is 31.2 Å². The van der Waals surface area contributed by atoms with Crippen LogP contribution in [0.5, 0.6) is 11.5 Å². The Morgan fingerprint density at radius 1 is 1.21 bits per heavy atom. The Kier molecular flexibility index (Phi) is 13.1. The number of rotatable bonds is 10. The summed E-state index contributed by atoms with van der Waals surface area (Å²) in [6.07, 6.45) is 4.86. The summed E-state index contributed by atoms with van der Waals surface area (Å²) in [6.45, 7) is 11.4. The molecule has 1 heterocycles. The number of hydrogen-bond acceptors (Lipinski definition) is 4. The van der Waals surface area contributed by atoms with Gasteiger partial charge in [-0.1, -0.05) is 25.5 Å². The predicted molar refractivity (Wildman–Crippen MR) is 132 cm³/mol. The molecule has 1 aliphatic heterocycles. The second-order valence-corrected chi connectivity index (χ2v) is 7.41. The number of para-hydroxylation sites is 2. The topological polar surface area (TPSA) is 58.1 Å². The summed E-state index contributed by atoms with van der Waals surface area (Å²) < 4.78 is 11.4. The molecule has 1 unspecified atom stereocenters. The molecule has 166 valence electrons. The van der Waals surface area contributed by atoms with Crippen LogP contribution in [0.2, 0.25) is 0 Å². The lowest BCUT2D eigenvalue weighted by molar-refractivity contribution is 0.203. The minimum Gasteiger partial charge on any atom is -0.493 e. The number of ether oxygens (including phenoxy) is 2. The number of hydrogen-bond donors (Lipinski definition) is 2. The molecule has 0 bridgehead atoms. The molecule has 6 nitrogen and oxygen atoms in total. The third-order valence-electron chi connectivity index (χ3n) is 5.00. The maximum atomic E-state index is 6.01. The van der Waals surface area contributed by atoms with Gasteiger partial charge in [0.1, 0.15) is 6.10 Å². The predicted octanol–water partition coefficient (Wildman–Crippen LogP) is 3.90.